The Hall–Kier alpha value is -2.67. The molecule has 0 atom stereocenters. The molecule has 0 aliphatic heterocycles. The minimum absolute atomic E-state index is 0. The second-order valence-electron chi connectivity index (χ2n) is 5.88. The zero-order valence-corrected chi connectivity index (χ0v) is 16.7. The molecular weight excluding hydrogens is 357 g/mol. The van der Waals surface area contributed by atoms with E-state index in [0.717, 1.165) is 0 Å². The van der Waals surface area contributed by atoms with Gasteiger partial charge in [0.2, 0.25) is 0 Å². The van der Waals surface area contributed by atoms with E-state index in [9.17, 15) is 19.5 Å². The Balaban J connectivity index is 0.00000210. The number of esters is 1. The monoisotopic (exact) mass is 369 g/mol. The zero-order chi connectivity index (χ0) is 18.4. The van der Waals surface area contributed by atoms with Crippen LogP contribution in [0, 0.1) is 0 Å². The third-order valence-electron chi connectivity index (χ3n) is 4.39. The summed E-state index contributed by atoms with van der Waals surface area (Å²) < 4.78 is 4.68. The molecule has 0 spiro atoms. The van der Waals surface area contributed by atoms with Crippen molar-refractivity contribution in [3.63, 3.8) is 0 Å². The maximum absolute atomic E-state index is 12.6. The number of aromatic nitrogens is 1. The summed E-state index contributed by atoms with van der Waals surface area (Å²) in [6.07, 6.45) is 0. The predicted molar refractivity (Wildman–Crippen MR) is 93.5 cm³/mol. The maximum Gasteiger partial charge on any atom is 1.00 e. The number of ketones is 1. The molecule has 3 aromatic rings. The quantitative estimate of drug-likeness (QED) is 0.449. The average Bonchev–Trinajstić information content (AvgIpc) is 2.91. The van der Waals surface area contributed by atoms with Crippen LogP contribution in [-0.4, -0.2) is 23.8 Å². The van der Waals surface area contributed by atoms with Crippen molar-refractivity contribution >= 4 is 34.0 Å². The van der Waals surface area contributed by atoms with Gasteiger partial charge in [-0.1, -0.05) is 30.0 Å². The molecule has 2 aromatic carbocycles. The Kier molecular flexibility index (Phi) is 5.06. The first-order chi connectivity index (χ1) is 12.5. The Labute approximate surface area is 175 Å². The van der Waals surface area contributed by atoms with Crippen molar-refractivity contribution in [2.45, 2.75) is 0 Å². The second-order valence-corrected chi connectivity index (χ2v) is 5.88. The third kappa shape index (κ3) is 3.02. The SMILES string of the molecule is COC(=O)c1ccc2c(=O)cc(C3=C([O-])c4ccccc4C3=O)[nH]c2c1.[Na+]. The van der Waals surface area contributed by atoms with Crippen LogP contribution in [0.3, 0.4) is 0 Å². The molecule has 1 heterocycles. The van der Waals surface area contributed by atoms with Crippen LogP contribution >= 0.6 is 0 Å². The number of hydrogen-bond donors (Lipinski definition) is 1. The summed E-state index contributed by atoms with van der Waals surface area (Å²) in [5.74, 6) is -1.40. The number of ether oxygens (including phenoxy) is 1. The Bertz CT molecular complexity index is 1190. The normalized spacial score (nSPS) is 12.7. The summed E-state index contributed by atoms with van der Waals surface area (Å²) in [5, 5.41) is 13.0. The molecule has 1 aliphatic rings. The molecule has 1 N–H and O–H groups in total. The number of fused-ring (bicyclic) bond motifs is 2. The standard InChI is InChI=1S/C20H13NO5.Na/c1-26-20(25)10-6-7-13-14(8-10)21-15(9-16(13)22)17-18(23)11-4-2-3-5-12(11)19(17)24;/h2-9,23H,1H3,(H,21,22);/q;+1/p-1. The van der Waals surface area contributed by atoms with Crippen LogP contribution in [0.4, 0.5) is 0 Å². The van der Waals surface area contributed by atoms with Gasteiger partial charge in [-0.2, -0.15) is 0 Å². The number of H-pyrrole nitrogens is 1. The number of carbonyl (C=O) groups is 2. The molecule has 0 amide bonds. The first-order valence-electron chi connectivity index (χ1n) is 7.82. The Morgan fingerprint density at radius 2 is 1.74 bits per heavy atom. The first kappa shape index (κ1) is 19.1. The van der Waals surface area contributed by atoms with E-state index < -0.39 is 17.5 Å². The van der Waals surface area contributed by atoms with Crippen molar-refractivity contribution in [3.8, 4) is 0 Å². The van der Waals surface area contributed by atoms with E-state index in [1.165, 1.54) is 31.4 Å². The maximum atomic E-state index is 12.6. The van der Waals surface area contributed by atoms with Gasteiger partial charge in [0.1, 0.15) is 0 Å². The number of rotatable bonds is 2. The van der Waals surface area contributed by atoms with E-state index in [1.54, 1.807) is 24.3 Å². The van der Waals surface area contributed by atoms with Crippen molar-refractivity contribution in [1.82, 2.24) is 4.98 Å². The fraction of sp³-hybridized carbons (Fsp3) is 0.0500. The van der Waals surface area contributed by atoms with Crippen LogP contribution in [0.15, 0.2) is 53.3 Å². The van der Waals surface area contributed by atoms with Gasteiger partial charge in [0, 0.05) is 22.6 Å². The van der Waals surface area contributed by atoms with E-state index in [1.807, 2.05) is 0 Å². The number of carbonyl (C=O) groups excluding carboxylic acids is 2. The first-order valence-corrected chi connectivity index (χ1v) is 7.82. The van der Waals surface area contributed by atoms with Crippen molar-refractivity contribution in [1.29, 1.82) is 0 Å². The number of benzene rings is 2. The number of hydrogen-bond acceptors (Lipinski definition) is 5. The molecule has 0 radical (unpaired) electrons. The van der Waals surface area contributed by atoms with Gasteiger partial charge in [0.05, 0.1) is 23.9 Å². The summed E-state index contributed by atoms with van der Waals surface area (Å²) >= 11 is 0. The van der Waals surface area contributed by atoms with Crippen LogP contribution in [0.25, 0.3) is 22.2 Å². The Morgan fingerprint density at radius 1 is 1.04 bits per heavy atom. The van der Waals surface area contributed by atoms with Crippen LogP contribution in [0.2, 0.25) is 0 Å². The molecule has 0 saturated heterocycles. The van der Waals surface area contributed by atoms with E-state index in [4.69, 9.17) is 0 Å². The molecule has 6 nitrogen and oxygen atoms in total. The zero-order valence-electron chi connectivity index (χ0n) is 14.7. The fourth-order valence-corrected chi connectivity index (χ4v) is 3.13. The van der Waals surface area contributed by atoms with Crippen LogP contribution < -0.4 is 40.1 Å². The van der Waals surface area contributed by atoms with Gasteiger partial charge in [0.25, 0.3) is 0 Å². The topological polar surface area (TPSA) is 99.3 Å². The van der Waals surface area contributed by atoms with E-state index in [2.05, 4.69) is 9.72 Å². The van der Waals surface area contributed by atoms with Crippen LogP contribution in [0.1, 0.15) is 32.0 Å². The molecule has 0 fully saturated rings. The number of methoxy groups -OCH3 is 1. The van der Waals surface area contributed by atoms with Crippen molar-refractivity contribution in [2.24, 2.45) is 0 Å². The van der Waals surface area contributed by atoms with Gasteiger partial charge >= 0.3 is 35.5 Å². The molecule has 1 aromatic heterocycles. The number of Topliss-reactive ketones (excluding diaryl/α,β-unsaturated/α-hetero) is 1. The molecule has 0 unspecified atom stereocenters. The molecule has 1 aliphatic carbocycles. The average molecular weight is 369 g/mol. The fourth-order valence-electron chi connectivity index (χ4n) is 3.13. The van der Waals surface area contributed by atoms with Crippen LogP contribution in [-0.2, 0) is 4.74 Å². The summed E-state index contributed by atoms with van der Waals surface area (Å²) in [6, 6.07) is 12.2. The van der Waals surface area contributed by atoms with Gasteiger partial charge < -0.3 is 14.8 Å². The minimum Gasteiger partial charge on any atom is -0.871 e. The van der Waals surface area contributed by atoms with E-state index in [0.29, 0.717) is 22.0 Å². The van der Waals surface area contributed by atoms with Crippen molar-refractivity contribution in [3.05, 3.63) is 81.1 Å². The number of allylic oxidation sites excluding steroid dienone is 1. The van der Waals surface area contributed by atoms with Gasteiger partial charge in [-0.15, -0.1) is 0 Å². The minimum atomic E-state index is -0.550. The molecule has 0 bridgehead atoms. The summed E-state index contributed by atoms with van der Waals surface area (Å²) in [6.45, 7) is 0. The number of aromatic amines is 1. The summed E-state index contributed by atoms with van der Waals surface area (Å²) in [4.78, 5) is 39.7. The van der Waals surface area contributed by atoms with Crippen molar-refractivity contribution in [2.75, 3.05) is 7.11 Å². The molecule has 4 rings (SSSR count). The molecular formula is C20H12NNaO5. The molecule has 128 valence electrons. The molecule has 27 heavy (non-hydrogen) atoms. The van der Waals surface area contributed by atoms with Crippen molar-refractivity contribution < 1.29 is 49.0 Å². The summed E-state index contributed by atoms with van der Waals surface area (Å²) in [5.41, 5.74) is 0.941. The van der Waals surface area contributed by atoms with Gasteiger partial charge in [-0.3, -0.25) is 9.59 Å². The summed E-state index contributed by atoms with van der Waals surface area (Å²) in [7, 11) is 1.26. The predicted octanol–water partition coefficient (Wildman–Crippen LogP) is -1.26. The van der Waals surface area contributed by atoms with Gasteiger partial charge in [-0.05, 0) is 23.8 Å². The van der Waals surface area contributed by atoms with Gasteiger partial charge in [0.15, 0.2) is 11.2 Å². The van der Waals surface area contributed by atoms with E-state index in [-0.39, 0.29) is 51.8 Å². The third-order valence-corrected chi connectivity index (χ3v) is 4.39. The molecule has 0 saturated carbocycles. The number of pyridine rings is 1. The Morgan fingerprint density at radius 3 is 2.41 bits per heavy atom. The van der Waals surface area contributed by atoms with Gasteiger partial charge in [-0.25, -0.2) is 4.79 Å². The molecule has 7 heteroatoms. The largest absolute Gasteiger partial charge is 1.00 e. The van der Waals surface area contributed by atoms with E-state index >= 15 is 0 Å². The number of nitrogens with one attached hydrogen (secondary N) is 1. The smallest absolute Gasteiger partial charge is 0.871 e. The van der Waals surface area contributed by atoms with Crippen LogP contribution in [0.5, 0.6) is 0 Å². The second kappa shape index (κ2) is 7.15.